The Bertz CT molecular complexity index is 1020. The largest absolute Gasteiger partial charge is 0.391 e. The summed E-state index contributed by atoms with van der Waals surface area (Å²) >= 11 is 6.03. The number of benzene rings is 2. The van der Waals surface area contributed by atoms with Crippen molar-refractivity contribution < 1.29 is 14.3 Å². The van der Waals surface area contributed by atoms with E-state index in [1.54, 1.807) is 11.1 Å². The lowest BCUT2D eigenvalue weighted by Crippen LogP contribution is -2.31. The lowest BCUT2D eigenvalue weighted by atomic mass is 9.94. The van der Waals surface area contributed by atoms with E-state index in [2.05, 4.69) is 4.98 Å². The zero-order valence-corrected chi connectivity index (χ0v) is 15.9. The van der Waals surface area contributed by atoms with Gasteiger partial charge in [0.25, 0.3) is 0 Å². The quantitative estimate of drug-likeness (QED) is 0.730. The Morgan fingerprint density at radius 1 is 1.18 bits per heavy atom. The van der Waals surface area contributed by atoms with Crippen molar-refractivity contribution in [1.82, 2.24) is 9.88 Å². The van der Waals surface area contributed by atoms with Crippen molar-refractivity contribution in [3.63, 3.8) is 0 Å². The molecule has 0 aliphatic carbocycles. The maximum absolute atomic E-state index is 13.2. The number of likely N-dealkylation sites (tertiary alicyclic amines) is 1. The summed E-state index contributed by atoms with van der Waals surface area (Å²) in [5.74, 6) is -0.587. The minimum atomic E-state index is -0.584. The molecule has 0 radical (unpaired) electrons. The van der Waals surface area contributed by atoms with Crippen LogP contribution in [0.25, 0.3) is 10.9 Å². The van der Waals surface area contributed by atoms with Crippen molar-refractivity contribution in [3.05, 3.63) is 76.7 Å². The van der Waals surface area contributed by atoms with E-state index in [1.165, 1.54) is 18.2 Å². The maximum Gasteiger partial charge on any atom is 0.227 e. The minimum absolute atomic E-state index is 0.0431. The number of aromatic nitrogens is 1. The molecule has 0 saturated carbocycles. The number of fused-ring (bicyclic) bond motifs is 1. The Morgan fingerprint density at radius 3 is 2.82 bits per heavy atom. The molecule has 144 valence electrons. The third kappa shape index (κ3) is 3.86. The number of pyridine rings is 1. The molecule has 2 heterocycles. The van der Waals surface area contributed by atoms with E-state index in [0.29, 0.717) is 25.1 Å². The fourth-order valence-corrected chi connectivity index (χ4v) is 4.05. The summed E-state index contributed by atoms with van der Waals surface area (Å²) in [6.07, 6.45) is 1.96. The van der Waals surface area contributed by atoms with Gasteiger partial charge in [0.1, 0.15) is 5.82 Å². The van der Waals surface area contributed by atoms with Gasteiger partial charge in [0.05, 0.1) is 18.0 Å². The first-order valence-electron chi connectivity index (χ1n) is 9.23. The van der Waals surface area contributed by atoms with Crippen molar-refractivity contribution in [2.45, 2.75) is 18.9 Å². The van der Waals surface area contributed by atoms with Gasteiger partial charge < -0.3 is 10.0 Å². The van der Waals surface area contributed by atoms with E-state index in [0.717, 1.165) is 16.5 Å². The van der Waals surface area contributed by atoms with Crippen molar-refractivity contribution in [3.8, 4) is 0 Å². The van der Waals surface area contributed by atoms with Gasteiger partial charge in [-0.2, -0.15) is 0 Å². The highest BCUT2D eigenvalue weighted by molar-refractivity contribution is 6.31. The zero-order valence-electron chi connectivity index (χ0n) is 15.2. The number of hydrogen-bond acceptors (Lipinski definition) is 3. The van der Waals surface area contributed by atoms with Gasteiger partial charge in [0.2, 0.25) is 5.91 Å². The first-order valence-corrected chi connectivity index (χ1v) is 9.61. The Morgan fingerprint density at radius 2 is 2.00 bits per heavy atom. The Balaban J connectivity index is 1.46. The number of amides is 1. The van der Waals surface area contributed by atoms with Gasteiger partial charge in [-0.05, 0) is 41.8 Å². The van der Waals surface area contributed by atoms with Crippen molar-refractivity contribution >= 4 is 28.4 Å². The Labute approximate surface area is 167 Å². The third-order valence-electron chi connectivity index (χ3n) is 5.34. The number of β-amino-alcohol motifs (C(OH)–C–C–N with tert-alkyl or cyclic N) is 1. The smallest absolute Gasteiger partial charge is 0.227 e. The summed E-state index contributed by atoms with van der Waals surface area (Å²) in [4.78, 5) is 18.7. The van der Waals surface area contributed by atoms with Gasteiger partial charge in [-0.3, -0.25) is 9.78 Å². The second-order valence-corrected chi connectivity index (χ2v) is 7.64. The van der Waals surface area contributed by atoms with E-state index in [4.69, 9.17) is 11.6 Å². The number of nitrogens with zero attached hydrogens (tertiary/aromatic N) is 2. The Kier molecular flexibility index (Phi) is 5.29. The minimum Gasteiger partial charge on any atom is -0.391 e. The number of para-hydroxylation sites is 1. The molecule has 1 aromatic heterocycles. The first kappa shape index (κ1) is 18.8. The topological polar surface area (TPSA) is 53.4 Å². The van der Waals surface area contributed by atoms with Crippen LogP contribution in [0.4, 0.5) is 4.39 Å². The molecule has 2 atom stereocenters. The van der Waals surface area contributed by atoms with Crippen LogP contribution in [0.1, 0.15) is 11.1 Å². The van der Waals surface area contributed by atoms with Gasteiger partial charge in [0, 0.05) is 35.6 Å². The second-order valence-electron chi connectivity index (χ2n) is 7.23. The monoisotopic (exact) mass is 398 g/mol. The van der Waals surface area contributed by atoms with Crippen LogP contribution in [0.15, 0.2) is 54.7 Å². The summed E-state index contributed by atoms with van der Waals surface area (Å²) in [7, 11) is 0. The van der Waals surface area contributed by atoms with Crippen LogP contribution < -0.4 is 0 Å². The third-order valence-corrected chi connectivity index (χ3v) is 5.69. The Hall–Kier alpha value is -2.50. The van der Waals surface area contributed by atoms with Gasteiger partial charge >= 0.3 is 0 Å². The molecule has 28 heavy (non-hydrogen) atoms. The van der Waals surface area contributed by atoms with Crippen LogP contribution in [0.2, 0.25) is 5.02 Å². The molecule has 0 spiro atoms. The fraction of sp³-hybridized carbons (Fsp3) is 0.273. The zero-order chi connectivity index (χ0) is 19.7. The highest BCUT2D eigenvalue weighted by Gasteiger charge is 2.34. The van der Waals surface area contributed by atoms with E-state index in [-0.39, 0.29) is 23.3 Å². The summed E-state index contributed by atoms with van der Waals surface area (Å²) in [5, 5.41) is 11.8. The standard InChI is InChI=1S/C22H20ClFN2O2/c23-19-11-17(24)6-5-15(19)10-22(28)26-12-16(21(27)13-26)9-14-7-8-25-20-4-2-1-3-18(14)20/h1-8,11,16,21,27H,9-10,12-13H2/t16-,21+/m1/s1. The molecule has 1 N–H and O–H groups in total. The molecule has 4 rings (SSSR count). The lowest BCUT2D eigenvalue weighted by molar-refractivity contribution is -0.129. The fourth-order valence-electron chi connectivity index (χ4n) is 3.81. The molecule has 3 aromatic rings. The predicted molar refractivity (Wildman–Crippen MR) is 107 cm³/mol. The molecule has 1 aliphatic rings. The molecule has 0 unspecified atom stereocenters. The molecule has 6 heteroatoms. The number of aliphatic hydroxyl groups is 1. The SMILES string of the molecule is O=C(Cc1ccc(F)cc1Cl)N1C[C@@H](Cc2ccnc3ccccc23)[C@@H](O)C1. The first-order chi connectivity index (χ1) is 13.5. The van der Waals surface area contributed by atoms with Crippen LogP contribution in [0.5, 0.6) is 0 Å². The van der Waals surface area contributed by atoms with E-state index in [9.17, 15) is 14.3 Å². The van der Waals surface area contributed by atoms with Crippen LogP contribution in [0.3, 0.4) is 0 Å². The molecule has 1 fully saturated rings. The average Bonchev–Trinajstić information content (AvgIpc) is 3.05. The average molecular weight is 399 g/mol. The molecule has 4 nitrogen and oxygen atoms in total. The van der Waals surface area contributed by atoms with Gasteiger partial charge in [-0.15, -0.1) is 0 Å². The van der Waals surface area contributed by atoms with Gasteiger partial charge in [0.15, 0.2) is 0 Å². The summed E-state index contributed by atoms with van der Waals surface area (Å²) in [5.41, 5.74) is 2.63. The lowest BCUT2D eigenvalue weighted by Gasteiger charge is -2.17. The molecular weight excluding hydrogens is 379 g/mol. The highest BCUT2D eigenvalue weighted by Crippen LogP contribution is 2.26. The highest BCUT2D eigenvalue weighted by atomic mass is 35.5. The summed E-state index contributed by atoms with van der Waals surface area (Å²) in [6, 6.07) is 13.9. The van der Waals surface area contributed by atoms with Crippen molar-refractivity contribution in [2.75, 3.05) is 13.1 Å². The normalized spacial score (nSPS) is 19.3. The van der Waals surface area contributed by atoms with Gasteiger partial charge in [-0.1, -0.05) is 35.9 Å². The van der Waals surface area contributed by atoms with Gasteiger partial charge in [-0.25, -0.2) is 4.39 Å². The number of carbonyl (C=O) groups is 1. The van der Waals surface area contributed by atoms with Crippen molar-refractivity contribution in [1.29, 1.82) is 0 Å². The maximum atomic E-state index is 13.2. The molecule has 1 saturated heterocycles. The number of carbonyl (C=O) groups excluding carboxylic acids is 1. The number of rotatable bonds is 4. The number of halogens is 2. The van der Waals surface area contributed by atoms with Crippen LogP contribution in [0, 0.1) is 11.7 Å². The van der Waals surface area contributed by atoms with E-state index in [1.807, 2.05) is 30.3 Å². The molecular formula is C22H20ClFN2O2. The van der Waals surface area contributed by atoms with Crippen LogP contribution in [-0.4, -0.2) is 40.1 Å². The second kappa shape index (κ2) is 7.86. The summed E-state index contributed by atoms with van der Waals surface area (Å²) < 4.78 is 13.2. The van der Waals surface area contributed by atoms with E-state index < -0.39 is 11.9 Å². The van der Waals surface area contributed by atoms with E-state index >= 15 is 0 Å². The molecule has 1 aliphatic heterocycles. The molecule has 2 aromatic carbocycles. The molecule has 1 amide bonds. The van der Waals surface area contributed by atoms with Crippen molar-refractivity contribution in [2.24, 2.45) is 5.92 Å². The number of hydrogen-bond donors (Lipinski definition) is 1. The number of aliphatic hydroxyl groups excluding tert-OH is 1. The predicted octanol–water partition coefficient (Wildman–Crippen LogP) is 3.63. The van der Waals surface area contributed by atoms with Crippen LogP contribution >= 0.6 is 11.6 Å². The molecule has 0 bridgehead atoms. The van der Waals surface area contributed by atoms with Crippen LogP contribution in [-0.2, 0) is 17.6 Å². The summed E-state index contributed by atoms with van der Waals surface area (Å²) in [6.45, 7) is 0.779.